The Morgan fingerprint density at radius 1 is 1.10 bits per heavy atom. The Bertz CT molecular complexity index is 1130. The first-order valence-electron chi connectivity index (χ1n) is 10.6. The summed E-state index contributed by atoms with van der Waals surface area (Å²) in [5, 5.41) is 1.09. The van der Waals surface area contributed by atoms with E-state index < -0.39 is 0 Å². The molecule has 0 radical (unpaired) electrons. The molecular formula is C26H28ClNO2. The van der Waals surface area contributed by atoms with Crippen molar-refractivity contribution in [2.24, 2.45) is 5.92 Å². The van der Waals surface area contributed by atoms with Crippen LogP contribution in [0.2, 0.25) is 0 Å². The summed E-state index contributed by atoms with van der Waals surface area (Å²) in [7, 11) is 0. The Morgan fingerprint density at radius 3 is 2.43 bits per heavy atom. The fourth-order valence-corrected chi connectivity index (χ4v) is 4.68. The van der Waals surface area contributed by atoms with Crippen molar-refractivity contribution in [1.82, 2.24) is 4.57 Å². The third-order valence-electron chi connectivity index (χ3n) is 6.32. The highest BCUT2D eigenvalue weighted by Crippen LogP contribution is 2.37. The number of rotatable bonds is 3. The van der Waals surface area contributed by atoms with Crippen molar-refractivity contribution < 1.29 is 9.59 Å². The van der Waals surface area contributed by atoms with Gasteiger partial charge in [-0.05, 0) is 67.0 Å². The van der Waals surface area contributed by atoms with E-state index in [-0.39, 0.29) is 28.9 Å². The number of alkyl halides is 1. The van der Waals surface area contributed by atoms with Crippen LogP contribution < -0.4 is 0 Å². The summed E-state index contributed by atoms with van der Waals surface area (Å²) in [6, 6.07) is 14.1. The molecule has 2 aromatic carbocycles. The quantitative estimate of drug-likeness (QED) is 0.497. The third-order valence-corrected chi connectivity index (χ3v) is 6.58. The Balaban J connectivity index is 1.91. The van der Waals surface area contributed by atoms with Crippen molar-refractivity contribution in [3.63, 3.8) is 0 Å². The van der Waals surface area contributed by atoms with E-state index in [0.717, 1.165) is 34.1 Å². The highest BCUT2D eigenvalue weighted by atomic mass is 35.5. The number of hydrogen-bond donors (Lipinski definition) is 0. The zero-order valence-corrected chi connectivity index (χ0v) is 18.8. The van der Waals surface area contributed by atoms with E-state index in [0.29, 0.717) is 18.4 Å². The fourth-order valence-electron chi connectivity index (χ4n) is 4.47. The fraction of sp³-hybridized carbons (Fsp3) is 0.385. The van der Waals surface area contributed by atoms with Gasteiger partial charge in [0.15, 0.2) is 5.78 Å². The number of benzene rings is 2. The zero-order chi connectivity index (χ0) is 21.6. The first-order chi connectivity index (χ1) is 14.2. The predicted octanol–water partition coefficient (Wildman–Crippen LogP) is 5.85. The van der Waals surface area contributed by atoms with Crippen LogP contribution in [0.5, 0.6) is 0 Å². The topological polar surface area (TPSA) is 39.1 Å². The molecule has 1 aliphatic carbocycles. The van der Waals surface area contributed by atoms with Gasteiger partial charge in [0, 0.05) is 22.6 Å². The minimum atomic E-state index is -0.0678. The number of hydrogen-bond acceptors (Lipinski definition) is 2. The number of carbonyl (C=O) groups is 2. The summed E-state index contributed by atoms with van der Waals surface area (Å²) in [6.07, 6.45) is 2.10. The van der Waals surface area contributed by atoms with Gasteiger partial charge in [-0.3, -0.25) is 14.2 Å². The molecule has 0 spiro atoms. The molecule has 0 saturated carbocycles. The van der Waals surface area contributed by atoms with Gasteiger partial charge >= 0.3 is 0 Å². The van der Waals surface area contributed by atoms with Gasteiger partial charge in [-0.1, -0.05) is 44.5 Å². The summed E-state index contributed by atoms with van der Waals surface area (Å²) >= 11 is 5.86. The first-order valence-corrected chi connectivity index (χ1v) is 11.1. The van der Waals surface area contributed by atoms with Crippen LogP contribution in [0.4, 0.5) is 0 Å². The lowest BCUT2D eigenvalue weighted by Crippen LogP contribution is -2.25. The average molecular weight is 422 g/mol. The molecule has 30 heavy (non-hydrogen) atoms. The highest BCUT2D eigenvalue weighted by molar-refractivity contribution is 6.28. The van der Waals surface area contributed by atoms with E-state index >= 15 is 0 Å². The minimum absolute atomic E-state index is 0.00413. The maximum absolute atomic E-state index is 13.5. The lowest BCUT2D eigenvalue weighted by atomic mass is 9.82. The molecule has 3 nitrogen and oxygen atoms in total. The molecule has 1 atom stereocenters. The second-order valence-electron chi connectivity index (χ2n) is 9.45. The van der Waals surface area contributed by atoms with Gasteiger partial charge in [-0.2, -0.15) is 0 Å². The molecule has 0 saturated heterocycles. The number of halogens is 1. The van der Waals surface area contributed by atoms with E-state index in [1.165, 1.54) is 5.56 Å². The standard InChI is InChI=1S/C26H28ClNO2/c1-16-5-7-17(8-6-16)25(30)28-22-11-9-18(24(29)15-27)13-20(22)21-14-19(26(2,3)4)10-12-23(21)28/h5-8,10,12,14,18H,9,11,13,15H2,1-4H3. The molecule has 4 heteroatoms. The molecule has 1 aliphatic rings. The van der Waals surface area contributed by atoms with Crippen LogP contribution in [0.15, 0.2) is 42.5 Å². The second-order valence-corrected chi connectivity index (χ2v) is 9.72. The smallest absolute Gasteiger partial charge is 0.262 e. The molecule has 156 valence electrons. The van der Waals surface area contributed by atoms with E-state index in [1.54, 1.807) is 0 Å². The molecule has 0 aliphatic heterocycles. The second kappa shape index (κ2) is 7.70. The minimum Gasteiger partial charge on any atom is -0.298 e. The molecular weight excluding hydrogens is 394 g/mol. The van der Waals surface area contributed by atoms with Crippen LogP contribution in [-0.2, 0) is 23.1 Å². The van der Waals surface area contributed by atoms with Gasteiger partial charge < -0.3 is 0 Å². The van der Waals surface area contributed by atoms with Crippen LogP contribution >= 0.6 is 11.6 Å². The largest absolute Gasteiger partial charge is 0.298 e. The van der Waals surface area contributed by atoms with Gasteiger partial charge in [0.2, 0.25) is 0 Å². The lowest BCUT2D eigenvalue weighted by Gasteiger charge is -2.22. The Hall–Kier alpha value is -2.39. The van der Waals surface area contributed by atoms with E-state index in [9.17, 15) is 9.59 Å². The number of nitrogens with zero attached hydrogens (tertiary/aromatic N) is 1. The number of fused-ring (bicyclic) bond motifs is 3. The summed E-state index contributed by atoms with van der Waals surface area (Å²) in [6.45, 7) is 8.59. The summed E-state index contributed by atoms with van der Waals surface area (Å²) in [5.41, 5.74) is 6.14. The number of aryl methyl sites for hydroxylation is 1. The SMILES string of the molecule is Cc1ccc(C(=O)n2c3c(c4cc(C(C)(C)C)ccc42)CC(C(=O)CCl)CC3)cc1. The van der Waals surface area contributed by atoms with Crippen molar-refractivity contribution in [3.8, 4) is 0 Å². The molecule has 3 aromatic rings. The first kappa shape index (κ1) is 20.9. The van der Waals surface area contributed by atoms with Crippen molar-refractivity contribution >= 4 is 34.2 Å². The van der Waals surface area contributed by atoms with E-state index in [2.05, 4.69) is 39.0 Å². The van der Waals surface area contributed by atoms with Crippen molar-refractivity contribution in [3.05, 3.63) is 70.4 Å². The van der Waals surface area contributed by atoms with Crippen molar-refractivity contribution in [2.75, 3.05) is 5.88 Å². The van der Waals surface area contributed by atoms with E-state index in [1.807, 2.05) is 35.8 Å². The molecule has 0 N–H and O–H groups in total. The molecule has 1 aromatic heterocycles. The van der Waals surface area contributed by atoms with Gasteiger partial charge in [0.25, 0.3) is 5.91 Å². The molecule has 0 bridgehead atoms. The molecule has 1 heterocycles. The van der Waals surface area contributed by atoms with Gasteiger partial charge in [-0.15, -0.1) is 11.6 Å². The Morgan fingerprint density at radius 2 is 1.80 bits per heavy atom. The van der Waals surface area contributed by atoms with Crippen LogP contribution in [-0.4, -0.2) is 22.1 Å². The van der Waals surface area contributed by atoms with Crippen LogP contribution in [0.25, 0.3) is 10.9 Å². The monoisotopic (exact) mass is 421 g/mol. The average Bonchev–Trinajstić information content (AvgIpc) is 3.05. The summed E-state index contributed by atoms with van der Waals surface area (Å²) in [4.78, 5) is 25.9. The normalized spacial score (nSPS) is 16.5. The Labute approximate surface area is 183 Å². The zero-order valence-electron chi connectivity index (χ0n) is 18.1. The summed E-state index contributed by atoms with van der Waals surface area (Å²) < 4.78 is 1.88. The van der Waals surface area contributed by atoms with E-state index in [4.69, 9.17) is 11.6 Å². The number of aromatic nitrogens is 1. The van der Waals surface area contributed by atoms with Crippen LogP contribution in [0, 0.1) is 12.8 Å². The number of ketones is 1. The van der Waals surface area contributed by atoms with Gasteiger partial charge in [0.05, 0.1) is 11.4 Å². The number of Topliss-reactive ketones (excluding diaryl/α,β-unsaturated/α-hetero) is 1. The van der Waals surface area contributed by atoms with Crippen molar-refractivity contribution in [1.29, 1.82) is 0 Å². The number of carbonyl (C=O) groups excluding carboxylic acids is 2. The van der Waals surface area contributed by atoms with Crippen LogP contribution in [0.1, 0.15) is 59.9 Å². The Kier molecular flexibility index (Phi) is 5.36. The highest BCUT2D eigenvalue weighted by Gasteiger charge is 2.31. The molecule has 1 unspecified atom stereocenters. The summed E-state index contributed by atoms with van der Waals surface area (Å²) in [5.74, 6) is 0.0718. The molecule has 4 rings (SSSR count). The van der Waals surface area contributed by atoms with Gasteiger partial charge in [0.1, 0.15) is 0 Å². The molecule has 0 amide bonds. The third kappa shape index (κ3) is 3.60. The molecule has 0 fully saturated rings. The van der Waals surface area contributed by atoms with Crippen LogP contribution in [0.3, 0.4) is 0 Å². The predicted molar refractivity (Wildman–Crippen MR) is 123 cm³/mol. The lowest BCUT2D eigenvalue weighted by molar-refractivity contribution is -0.120. The van der Waals surface area contributed by atoms with Crippen molar-refractivity contribution in [2.45, 2.75) is 52.4 Å². The maximum atomic E-state index is 13.5. The maximum Gasteiger partial charge on any atom is 0.262 e. The van der Waals surface area contributed by atoms with Gasteiger partial charge in [-0.25, -0.2) is 0 Å².